The van der Waals surface area contributed by atoms with Crippen LogP contribution in [0.5, 0.6) is 0 Å². The summed E-state index contributed by atoms with van der Waals surface area (Å²) in [5, 5.41) is 7.18. The van der Waals surface area contributed by atoms with Gasteiger partial charge in [0.15, 0.2) is 0 Å². The van der Waals surface area contributed by atoms with Gasteiger partial charge in [0, 0.05) is 29.7 Å². The van der Waals surface area contributed by atoms with Crippen molar-refractivity contribution in [3.05, 3.63) is 23.5 Å². The number of aromatic nitrogens is 1. The van der Waals surface area contributed by atoms with Crippen molar-refractivity contribution in [3.8, 4) is 0 Å². The van der Waals surface area contributed by atoms with Crippen LogP contribution in [0.4, 0.5) is 5.69 Å². The Kier molecular flexibility index (Phi) is 5.91. The summed E-state index contributed by atoms with van der Waals surface area (Å²) in [5.74, 6) is -0.00829. The quantitative estimate of drug-likeness (QED) is 0.877. The first-order valence-electron chi connectivity index (χ1n) is 7.68. The lowest BCUT2D eigenvalue weighted by atomic mass is 9.94. The van der Waals surface area contributed by atoms with Crippen LogP contribution in [0.25, 0.3) is 0 Å². The van der Waals surface area contributed by atoms with Crippen molar-refractivity contribution in [1.82, 2.24) is 10.3 Å². The van der Waals surface area contributed by atoms with Gasteiger partial charge >= 0.3 is 0 Å². The number of hydrogen-bond acceptors (Lipinski definition) is 4. The molecule has 116 valence electrons. The third kappa shape index (κ3) is 4.37. The Bertz CT molecular complexity index is 484. The summed E-state index contributed by atoms with van der Waals surface area (Å²) in [6.07, 6.45) is 8.39. The van der Waals surface area contributed by atoms with Gasteiger partial charge < -0.3 is 10.6 Å². The molecule has 0 radical (unpaired) electrons. The van der Waals surface area contributed by atoms with E-state index < -0.39 is 0 Å². The molecule has 1 aromatic rings. The third-order valence-corrected chi connectivity index (χ3v) is 5.13. The predicted octanol–water partition coefficient (Wildman–Crippen LogP) is 3.23. The predicted molar refractivity (Wildman–Crippen MR) is 90.2 cm³/mol. The molecule has 2 rings (SSSR count). The zero-order valence-electron chi connectivity index (χ0n) is 13.1. The van der Waals surface area contributed by atoms with Gasteiger partial charge in [0.1, 0.15) is 0 Å². The normalized spacial score (nSPS) is 21.9. The molecule has 1 aliphatic rings. The number of rotatable bonds is 5. The molecule has 2 N–H and O–H groups in total. The van der Waals surface area contributed by atoms with Crippen molar-refractivity contribution in [2.24, 2.45) is 0 Å². The molecule has 1 aromatic heterocycles. The molecule has 0 unspecified atom stereocenters. The molecular formula is C16H25N3OS. The van der Waals surface area contributed by atoms with Gasteiger partial charge in [0.2, 0.25) is 0 Å². The molecule has 1 aliphatic carbocycles. The second kappa shape index (κ2) is 7.69. The van der Waals surface area contributed by atoms with Gasteiger partial charge in [-0.1, -0.05) is 0 Å². The summed E-state index contributed by atoms with van der Waals surface area (Å²) in [6, 6.07) is 2.24. The van der Waals surface area contributed by atoms with E-state index in [1.54, 1.807) is 6.20 Å². The molecule has 1 heterocycles. The van der Waals surface area contributed by atoms with Gasteiger partial charge in [-0.3, -0.25) is 9.78 Å². The maximum absolute atomic E-state index is 12.5. The second-order valence-corrected chi connectivity index (χ2v) is 6.72. The number of carbonyl (C=O) groups excluding carboxylic acids is 1. The van der Waals surface area contributed by atoms with Crippen LogP contribution in [0.1, 0.15) is 48.7 Å². The second-order valence-electron chi connectivity index (χ2n) is 5.58. The van der Waals surface area contributed by atoms with Crippen molar-refractivity contribution in [2.45, 2.75) is 50.8 Å². The van der Waals surface area contributed by atoms with Crippen LogP contribution in [0.3, 0.4) is 0 Å². The Hall–Kier alpha value is -1.23. The highest BCUT2D eigenvalue weighted by Gasteiger charge is 2.23. The van der Waals surface area contributed by atoms with Crippen LogP contribution >= 0.6 is 11.8 Å². The number of thioether (sulfide) groups is 1. The van der Waals surface area contributed by atoms with Gasteiger partial charge in [-0.15, -0.1) is 0 Å². The number of amides is 1. The Balaban J connectivity index is 2.00. The van der Waals surface area contributed by atoms with Crippen LogP contribution in [0, 0.1) is 6.92 Å². The largest absolute Gasteiger partial charge is 0.385 e. The number of aryl methyl sites for hydroxylation is 1. The highest BCUT2D eigenvalue weighted by atomic mass is 32.2. The van der Waals surface area contributed by atoms with Crippen LogP contribution in [-0.4, -0.2) is 35.0 Å². The zero-order chi connectivity index (χ0) is 15.2. The van der Waals surface area contributed by atoms with Gasteiger partial charge in [-0.25, -0.2) is 0 Å². The number of nitrogens with zero attached hydrogens (tertiary/aromatic N) is 1. The Morgan fingerprint density at radius 2 is 2.10 bits per heavy atom. The number of nitrogens with one attached hydrogen (secondary N) is 2. The molecule has 1 saturated carbocycles. The Morgan fingerprint density at radius 3 is 2.71 bits per heavy atom. The van der Waals surface area contributed by atoms with E-state index in [2.05, 4.69) is 21.9 Å². The first-order chi connectivity index (χ1) is 10.1. The van der Waals surface area contributed by atoms with Crippen molar-refractivity contribution < 1.29 is 4.79 Å². The van der Waals surface area contributed by atoms with E-state index >= 15 is 0 Å². The van der Waals surface area contributed by atoms with E-state index in [-0.39, 0.29) is 5.91 Å². The molecule has 0 bridgehead atoms. The van der Waals surface area contributed by atoms with Gasteiger partial charge in [-0.05, 0) is 51.9 Å². The van der Waals surface area contributed by atoms with E-state index in [9.17, 15) is 4.79 Å². The van der Waals surface area contributed by atoms with Crippen LogP contribution in [-0.2, 0) is 0 Å². The fourth-order valence-electron chi connectivity index (χ4n) is 2.78. The smallest absolute Gasteiger partial charge is 0.255 e. The van der Waals surface area contributed by atoms with E-state index in [1.165, 1.54) is 12.8 Å². The summed E-state index contributed by atoms with van der Waals surface area (Å²) in [4.78, 5) is 16.7. The lowest BCUT2D eigenvalue weighted by Crippen LogP contribution is -2.38. The lowest BCUT2D eigenvalue weighted by Gasteiger charge is -2.28. The fourth-order valence-corrected chi connectivity index (χ4v) is 3.53. The summed E-state index contributed by atoms with van der Waals surface area (Å²) in [5.41, 5.74) is 2.44. The van der Waals surface area contributed by atoms with Crippen molar-refractivity contribution >= 4 is 23.4 Å². The van der Waals surface area contributed by atoms with Crippen LogP contribution < -0.4 is 10.6 Å². The first kappa shape index (κ1) is 16.1. The zero-order valence-corrected chi connectivity index (χ0v) is 13.9. The minimum Gasteiger partial charge on any atom is -0.385 e. The molecule has 0 spiro atoms. The van der Waals surface area contributed by atoms with E-state index in [0.717, 1.165) is 36.0 Å². The Labute approximate surface area is 131 Å². The summed E-state index contributed by atoms with van der Waals surface area (Å²) >= 11 is 1.94. The highest BCUT2D eigenvalue weighted by molar-refractivity contribution is 7.99. The average Bonchev–Trinajstić information content (AvgIpc) is 2.48. The van der Waals surface area contributed by atoms with E-state index in [4.69, 9.17) is 0 Å². The van der Waals surface area contributed by atoms with Gasteiger partial charge in [0.05, 0.1) is 11.3 Å². The Morgan fingerprint density at radius 1 is 1.38 bits per heavy atom. The minimum absolute atomic E-state index is 0.00829. The van der Waals surface area contributed by atoms with Crippen molar-refractivity contribution in [2.75, 3.05) is 18.1 Å². The molecule has 0 saturated heterocycles. The summed E-state index contributed by atoms with van der Waals surface area (Å²) in [7, 11) is 0. The van der Waals surface area contributed by atoms with Crippen LogP contribution in [0.15, 0.2) is 12.3 Å². The standard InChI is InChI=1S/C16H25N3OS/c1-4-17-15-9-11(2)18-10-14(15)16(20)19-12-5-7-13(21-3)8-6-12/h9-10,12-13H,4-8H2,1-3H3,(H,17,18)(H,19,20). The molecular weight excluding hydrogens is 282 g/mol. The molecule has 1 amide bonds. The summed E-state index contributed by atoms with van der Waals surface area (Å²) in [6.45, 7) is 4.76. The average molecular weight is 307 g/mol. The maximum Gasteiger partial charge on any atom is 0.255 e. The molecule has 4 nitrogen and oxygen atoms in total. The lowest BCUT2D eigenvalue weighted by molar-refractivity contribution is 0.0928. The first-order valence-corrected chi connectivity index (χ1v) is 8.97. The SMILES string of the molecule is CCNc1cc(C)ncc1C(=O)NC1CCC(SC)CC1. The van der Waals surface area contributed by atoms with Crippen molar-refractivity contribution in [1.29, 1.82) is 0 Å². The number of anilines is 1. The topological polar surface area (TPSA) is 54.0 Å². The molecule has 5 heteroatoms. The maximum atomic E-state index is 12.5. The number of carbonyl (C=O) groups is 1. The highest BCUT2D eigenvalue weighted by Crippen LogP contribution is 2.27. The summed E-state index contributed by atoms with van der Waals surface area (Å²) < 4.78 is 0. The molecule has 21 heavy (non-hydrogen) atoms. The van der Waals surface area contributed by atoms with Gasteiger partial charge in [0.25, 0.3) is 5.91 Å². The molecule has 0 aromatic carbocycles. The third-order valence-electron chi connectivity index (χ3n) is 4.00. The van der Waals surface area contributed by atoms with Crippen molar-refractivity contribution in [3.63, 3.8) is 0 Å². The monoisotopic (exact) mass is 307 g/mol. The minimum atomic E-state index is -0.00829. The van der Waals surface area contributed by atoms with Crippen LogP contribution in [0.2, 0.25) is 0 Å². The molecule has 0 atom stereocenters. The molecule has 0 aliphatic heterocycles. The van der Waals surface area contributed by atoms with E-state index in [1.807, 2.05) is 31.7 Å². The number of pyridine rings is 1. The fraction of sp³-hybridized carbons (Fsp3) is 0.625. The van der Waals surface area contributed by atoms with Gasteiger partial charge in [-0.2, -0.15) is 11.8 Å². The number of hydrogen-bond donors (Lipinski definition) is 2. The molecule has 1 fully saturated rings. The van der Waals surface area contributed by atoms with E-state index in [0.29, 0.717) is 11.6 Å².